The monoisotopic (exact) mass is 510 g/mol. The fourth-order valence-electron chi connectivity index (χ4n) is 7.08. The summed E-state index contributed by atoms with van der Waals surface area (Å²) in [6, 6.07) is 3.77. The van der Waals surface area contributed by atoms with E-state index in [2.05, 4.69) is 17.7 Å². The zero-order valence-corrected chi connectivity index (χ0v) is 21.3. The van der Waals surface area contributed by atoms with Gasteiger partial charge in [-0.05, 0) is 111 Å². The lowest BCUT2D eigenvalue weighted by Gasteiger charge is -2.40. The van der Waals surface area contributed by atoms with Crippen LogP contribution in [-0.4, -0.2) is 6.11 Å². The molecule has 200 valence electrons. The van der Waals surface area contributed by atoms with E-state index in [1.54, 1.807) is 0 Å². The van der Waals surface area contributed by atoms with E-state index in [-0.39, 0.29) is 0 Å². The van der Waals surface area contributed by atoms with Crippen LogP contribution in [0.4, 0.5) is 22.0 Å². The van der Waals surface area contributed by atoms with Gasteiger partial charge >= 0.3 is 6.11 Å². The van der Waals surface area contributed by atoms with Crippen LogP contribution in [0.5, 0.6) is 5.75 Å². The molecular formula is C30H39F5O. The van der Waals surface area contributed by atoms with Crippen molar-refractivity contribution >= 4 is 5.57 Å². The molecule has 3 aliphatic rings. The summed E-state index contributed by atoms with van der Waals surface area (Å²) in [5.74, 6) is 2.50. The molecule has 2 saturated carbocycles. The van der Waals surface area contributed by atoms with Gasteiger partial charge in [-0.25, -0.2) is 4.39 Å². The van der Waals surface area contributed by atoms with Crippen molar-refractivity contribution in [3.63, 3.8) is 0 Å². The molecule has 36 heavy (non-hydrogen) atoms. The normalized spacial score (nSPS) is 29.4. The lowest BCUT2D eigenvalue weighted by Crippen LogP contribution is -2.28. The first kappa shape index (κ1) is 27.2. The van der Waals surface area contributed by atoms with Crippen molar-refractivity contribution in [3.8, 4) is 5.75 Å². The number of hydrogen-bond donors (Lipinski definition) is 0. The van der Waals surface area contributed by atoms with Crippen molar-refractivity contribution in [1.29, 1.82) is 0 Å². The molecule has 6 heteroatoms. The van der Waals surface area contributed by atoms with Gasteiger partial charge in [0.15, 0.2) is 11.6 Å². The van der Waals surface area contributed by atoms with Crippen LogP contribution in [0.1, 0.15) is 96.0 Å². The molecule has 1 aromatic rings. The predicted octanol–water partition coefficient (Wildman–Crippen LogP) is 10.2. The lowest BCUT2D eigenvalue weighted by molar-refractivity contribution is -0.135. The Bertz CT molecular complexity index is 919. The average Bonchev–Trinajstić information content (AvgIpc) is 2.85. The molecule has 0 bridgehead atoms. The highest BCUT2D eigenvalue weighted by Crippen LogP contribution is 2.46. The smallest absolute Gasteiger partial charge is 0.425 e. The predicted molar refractivity (Wildman–Crippen MR) is 133 cm³/mol. The number of alkyl halides is 2. The van der Waals surface area contributed by atoms with Crippen LogP contribution in [0.3, 0.4) is 0 Å². The van der Waals surface area contributed by atoms with Crippen LogP contribution >= 0.6 is 0 Å². The van der Waals surface area contributed by atoms with E-state index >= 15 is 0 Å². The number of rotatable bonds is 8. The third kappa shape index (κ3) is 7.13. The molecule has 2 fully saturated rings. The fourth-order valence-corrected chi connectivity index (χ4v) is 7.08. The first-order chi connectivity index (χ1) is 17.2. The van der Waals surface area contributed by atoms with Crippen LogP contribution in [0.15, 0.2) is 36.4 Å². The Labute approximate surface area is 212 Å². The molecule has 4 rings (SSSR count). The van der Waals surface area contributed by atoms with Crippen molar-refractivity contribution in [2.24, 2.45) is 29.6 Å². The zero-order chi connectivity index (χ0) is 25.7. The minimum Gasteiger partial charge on any atom is -0.426 e. The van der Waals surface area contributed by atoms with E-state index < -0.39 is 29.8 Å². The minimum atomic E-state index is -4.27. The van der Waals surface area contributed by atoms with Crippen LogP contribution < -0.4 is 4.74 Å². The molecule has 0 radical (unpaired) electrons. The van der Waals surface area contributed by atoms with Gasteiger partial charge in [0.25, 0.3) is 6.08 Å². The number of hydrogen-bond acceptors (Lipinski definition) is 1. The molecule has 0 heterocycles. The van der Waals surface area contributed by atoms with E-state index in [0.717, 1.165) is 60.6 Å². The summed E-state index contributed by atoms with van der Waals surface area (Å²) >= 11 is 0. The van der Waals surface area contributed by atoms with Crippen molar-refractivity contribution in [2.45, 2.75) is 96.5 Å². The minimum absolute atomic E-state index is 0.629. The SMILES string of the molecule is CCCC1CCC(C2CCC(C3CC=C(c4ccc(OC(F)(F)C=C(F)F)c(F)c4)CC3)CC2)CC1. The van der Waals surface area contributed by atoms with Crippen LogP contribution in [0, 0.1) is 35.4 Å². The molecule has 1 nitrogen and oxygen atoms in total. The second kappa shape index (κ2) is 12.1. The van der Waals surface area contributed by atoms with Gasteiger partial charge in [-0.2, -0.15) is 17.6 Å². The van der Waals surface area contributed by atoms with Gasteiger partial charge in [0, 0.05) is 0 Å². The number of ether oxygens (including phenoxy) is 1. The molecule has 0 spiro atoms. The van der Waals surface area contributed by atoms with E-state index in [9.17, 15) is 22.0 Å². The largest absolute Gasteiger partial charge is 0.426 e. The third-order valence-corrected chi connectivity index (χ3v) is 9.02. The van der Waals surface area contributed by atoms with Gasteiger partial charge in [0.2, 0.25) is 0 Å². The molecule has 1 aromatic carbocycles. The van der Waals surface area contributed by atoms with E-state index in [1.165, 1.54) is 70.3 Å². The third-order valence-electron chi connectivity index (χ3n) is 9.02. The van der Waals surface area contributed by atoms with E-state index in [0.29, 0.717) is 11.5 Å². The van der Waals surface area contributed by atoms with Gasteiger partial charge < -0.3 is 4.74 Å². The first-order valence-electron chi connectivity index (χ1n) is 13.8. The maximum Gasteiger partial charge on any atom is 0.425 e. The summed E-state index contributed by atoms with van der Waals surface area (Å²) in [7, 11) is 0. The van der Waals surface area contributed by atoms with Crippen molar-refractivity contribution < 1.29 is 26.7 Å². The average molecular weight is 511 g/mol. The summed E-state index contributed by atoms with van der Waals surface area (Å²) in [5.41, 5.74) is 1.65. The highest BCUT2D eigenvalue weighted by atomic mass is 19.3. The van der Waals surface area contributed by atoms with Gasteiger partial charge in [-0.3, -0.25) is 0 Å². The van der Waals surface area contributed by atoms with Crippen molar-refractivity contribution in [3.05, 3.63) is 47.8 Å². The molecule has 0 aromatic heterocycles. The topological polar surface area (TPSA) is 9.23 Å². The molecule has 0 aliphatic heterocycles. The quantitative estimate of drug-likeness (QED) is 0.316. The second-order valence-corrected chi connectivity index (χ2v) is 11.3. The van der Waals surface area contributed by atoms with Gasteiger partial charge in [-0.15, -0.1) is 0 Å². The highest BCUT2D eigenvalue weighted by molar-refractivity contribution is 5.67. The highest BCUT2D eigenvalue weighted by Gasteiger charge is 2.34. The Kier molecular flexibility index (Phi) is 9.16. The van der Waals surface area contributed by atoms with E-state index in [1.807, 2.05) is 0 Å². The molecule has 0 N–H and O–H groups in total. The fraction of sp³-hybridized carbons (Fsp3) is 0.667. The Morgan fingerprint density at radius 1 is 0.917 bits per heavy atom. The maximum absolute atomic E-state index is 14.4. The number of benzene rings is 1. The maximum atomic E-state index is 14.4. The summed E-state index contributed by atoms with van der Waals surface area (Å²) < 4.78 is 69.7. The van der Waals surface area contributed by atoms with Crippen LogP contribution in [0.2, 0.25) is 0 Å². The Hall–Kier alpha value is -1.85. The van der Waals surface area contributed by atoms with Crippen molar-refractivity contribution in [2.75, 3.05) is 0 Å². The molecular weight excluding hydrogens is 471 g/mol. The summed E-state index contributed by atoms with van der Waals surface area (Å²) in [4.78, 5) is 0. The van der Waals surface area contributed by atoms with Crippen LogP contribution in [-0.2, 0) is 0 Å². The summed E-state index contributed by atoms with van der Waals surface area (Å²) in [5, 5.41) is 0. The molecule has 1 atom stereocenters. The Morgan fingerprint density at radius 2 is 1.53 bits per heavy atom. The Morgan fingerprint density at radius 3 is 2.06 bits per heavy atom. The second-order valence-electron chi connectivity index (χ2n) is 11.3. The number of halogens is 5. The van der Waals surface area contributed by atoms with Gasteiger partial charge in [-0.1, -0.05) is 44.7 Å². The molecule has 1 unspecified atom stereocenters. The molecule has 3 aliphatic carbocycles. The zero-order valence-electron chi connectivity index (χ0n) is 21.3. The van der Waals surface area contributed by atoms with Crippen molar-refractivity contribution in [1.82, 2.24) is 0 Å². The first-order valence-corrected chi connectivity index (χ1v) is 13.8. The summed E-state index contributed by atoms with van der Waals surface area (Å²) in [6.07, 6.45) is 11.3. The van der Waals surface area contributed by atoms with Crippen LogP contribution in [0.25, 0.3) is 5.57 Å². The molecule has 0 amide bonds. The lowest BCUT2D eigenvalue weighted by atomic mass is 9.65. The standard InChI is InChI=1S/C30H39F5O/c1-2-3-20-4-6-21(7-5-20)22-8-10-23(11-9-22)24-12-14-25(15-13-24)26-16-17-28(27(31)18-26)36-30(34,35)19-29(32)33/h14,16-24H,2-13,15H2,1H3. The van der Waals surface area contributed by atoms with Gasteiger partial charge in [0.1, 0.15) is 0 Å². The summed E-state index contributed by atoms with van der Waals surface area (Å²) in [6.45, 7) is 2.30. The number of allylic oxidation sites excluding steroid dienone is 2. The van der Waals surface area contributed by atoms with Gasteiger partial charge in [0.05, 0.1) is 6.08 Å². The van der Waals surface area contributed by atoms with E-state index in [4.69, 9.17) is 0 Å². The molecule has 0 saturated heterocycles. The Balaban J connectivity index is 1.27.